The standard InChI is InChI=1S/C22H26BrNO7/c1-22(24(25)26)15(12-23)20(13-6-8-16(27-2)18(10-13)29-4)31-21(22)14-7-9-17(28-3)19(11-14)30-5/h6-11,15,20-21H,12H2,1-5H3/t15-,20-,21+,22-/m1/s1. The smallest absolute Gasteiger partial charge is 0.255 e. The van der Waals surface area contributed by atoms with E-state index in [1.165, 1.54) is 7.11 Å². The van der Waals surface area contributed by atoms with Crippen molar-refractivity contribution in [1.82, 2.24) is 0 Å². The molecule has 168 valence electrons. The number of nitrogens with zero attached hydrogens (tertiary/aromatic N) is 1. The van der Waals surface area contributed by atoms with Crippen LogP contribution in [-0.4, -0.2) is 44.2 Å². The lowest BCUT2D eigenvalue weighted by molar-refractivity contribution is -0.579. The zero-order chi connectivity index (χ0) is 22.8. The molecular weight excluding hydrogens is 470 g/mol. The molecule has 0 radical (unpaired) electrons. The van der Waals surface area contributed by atoms with E-state index in [0.717, 1.165) is 5.56 Å². The minimum Gasteiger partial charge on any atom is -0.493 e. The number of hydrogen-bond acceptors (Lipinski definition) is 7. The van der Waals surface area contributed by atoms with Crippen LogP contribution in [-0.2, 0) is 4.74 Å². The van der Waals surface area contributed by atoms with E-state index < -0.39 is 23.7 Å². The van der Waals surface area contributed by atoms with Crippen molar-refractivity contribution in [3.05, 3.63) is 57.6 Å². The summed E-state index contributed by atoms with van der Waals surface area (Å²) in [5, 5.41) is 12.7. The van der Waals surface area contributed by atoms with Crippen molar-refractivity contribution in [3.8, 4) is 23.0 Å². The van der Waals surface area contributed by atoms with Gasteiger partial charge in [0, 0.05) is 17.2 Å². The normalized spacial score (nSPS) is 25.2. The highest BCUT2D eigenvalue weighted by Crippen LogP contribution is 2.55. The van der Waals surface area contributed by atoms with Crippen molar-refractivity contribution in [2.75, 3.05) is 33.8 Å². The molecule has 1 saturated heterocycles. The highest BCUT2D eigenvalue weighted by molar-refractivity contribution is 9.09. The average molecular weight is 496 g/mol. The van der Waals surface area contributed by atoms with E-state index >= 15 is 0 Å². The maximum Gasteiger partial charge on any atom is 0.255 e. The molecule has 31 heavy (non-hydrogen) atoms. The molecule has 3 rings (SSSR count). The summed E-state index contributed by atoms with van der Waals surface area (Å²) in [6.07, 6.45) is -1.34. The number of halogens is 1. The molecule has 0 N–H and O–H groups in total. The van der Waals surface area contributed by atoms with Crippen molar-refractivity contribution in [2.24, 2.45) is 5.92 Å². The van der Waals surface area contributed by atoms with Crippen molar-refractivity contribution in [1.29, 1.82) is 0 Å². The maximum atomic E-state index is 12.4. The third-order valence-corrected chi connectivity index (χ3v) is 6.63. The van der Waals surface area contributed by atoms with Gasteiger partial charge in [-0.05, 0) is 35.4 Å². The van der Waals surface area contributed by atoms with E-state index in [4.69, 9.17) is 23.7 Å². The van der Waals surface area contributed by atoms with Gasteiger partial charge >= 0.3 is 0 Å². The van der Waals surface area contributed by atoms with E-state index in [1.54, 1.807) is 58.6 Å². The van der Waals surface area contributed by atoms with Crippen LogP contribution in [0.3, 0.4) is 0 Å². The Morgan fingerprint density at radius 3 is 1.87 bits per heavy atom. The molecule has 4 atom stereocenters. The lowest BCUT2D eigenvalue weighted by Gasteiger charge is -2.26. The Labute approximate surface area is 189 Å². The first-order valence-corrected chi connectivity index (χ1v) is 10.8. The Balaban J connectivity index is 2.10. The van der Waals surface area contributed by atoms with Crippen LogP contribution in [0.1, 0.15) is 30.3 Å². The van der Waals surface area contributed by atoms with Crippen molar-refractivity contribution >= 4 is 15.9 Å². The first-order valence-electron chi connectivity index (χ1n) is 9.65. The molecule has 0 spiro atoms. The SMILES string of the molecule is COc1ccc([C@H]2O[C@@H](c3ccc(OC)c(OC)c3)[C@](C)([N+](=O)[O-])[C@@H]2CBr)cc1OC. The number of rotatable bonds is 8. The Bertz CT molecular complexity index is 953. The molecule has 2 aromatic carbocycles. The summed E-state index contributed by atoms with van der Waals surface area (Å²) in [7, 11) is 6.17. The van der Waals surface area contributed by atoms with E-state index in [9.17, 15) is 10.1 Å². The minimum absolute atomic E-state index is 0.249. The summed E-state index contributed by atoms with van der Waals surface area (Å²) in [6, 6.07) is 10.7. The second-order valence-electron chi connectivity index (χ2n) is 7.41. The van der Waals surface area contributed by atoms with Crippen molar-refractivity contribution < 1.29 is 28.6 Å². The number of methoxy groups -OCH3 is 4. The van der Waals surface area contributed by atoms with Crippen LogP contribution in [0.5, 0.6) is 23.0 Å². The molecule has 1 fully saturated rings. The Hall–Kier alpha value is -2.52. The topological polar surface area (TPSA) is 89.3 Å². The first kappa shape index (κ1) is 23.1. The number of alkyl halides is 1. The fourth-order valence-electron chi connectivity index (χ4n) is 4.12. The maximum absolute atomic E-state index is 12.4. The minimum atomic E-state index is -1.39. The average Bonchev–Trinajstić information content (AvgIpc) is 3.11. The Kier molecular flexibility index (Phi) is 6.96. The number of hydrogen-bond donors (Lipinski definition) is 0. The van der Waals surface area contributed by atoms with Crippen LogP contribution < -0.4 is 18.9 Å². The molecule has 2 aromatic rings. The molecule has 1 heterocycles. The fraction of sp³-hybridized carbons (Fsp3) is 0.455. The molecule has 0 unspecified atom stereocenters. The number of nitro groups is 1. The number of benzene rings is 2. The molecule has 0 aliphatic carbocycles. The fourth-order valence-corrected chi connectivity index (χ4v) is 5.12. The van der Waals surface area contributed by atoms with E-state index in [2.05, 4.69) is 15.9 Å². The zero-order valence-corrected chi connectivity index (χ0v) is 19.7. The molecule has 0 saturated carbocycles. The highest BCUT2D eigenvalue weighted by atomic mass is 79.9. The molecule has 1 aliphatic heterocycles. The molecule has 0 bridgehead atoms. The largest absolute Gasteiger partial charge is 0.493 e. The van der Waals surface area contributed by atoms with Gasteiger partial charge in [0.25, 0.3) is 5.54 Å². The lowest BCUT2D eigenvalue weighted by Crippen LogP contribution is -2.45. The Morgan fingerprint density at radius 1 is 0.935 bits per heavy atom. The van der Waals surface area contributed by atoms with Gasteiger partial charge in [0.15, 0.2) is 29.1 Å². The van der Waals surface area contributed by atoms with Gasteiger partial charge in [-0.25, -0.2) is 0 Å². The van der Waals surface area contributed by atoms with Gasteiger partial charge in [-0.2, -0.15) is 0 Å². The van der Waals surface area contributed by atoms with Crippen molar-refractivity contribution in [3.63, 3.8) is 0 Å². The summed E-state index contributed by atoms with van der Waals surface area (Å²) >= 11 is 3.49. The lowest BCUT2D eigenvalue weighted by atomic mass is 9.78. The first-order chi connectivity index (χ1) is 14.8. The summed E-state index contributed by atoms with van der Waals surface area (Å²) < 4.78 is 27.8. The second-order valence-corrected chi connectivity index (χ2v) is 8.06. The number of ether oxygens (including phenoxy) is 5. The summed E-state index contributed by atoms with van der Waals surface area (Å²) in [5.74, 6) is 1.70. The van der Waals surface area contributed by atoms with Gasteiger partial charge in [0.1, 0.15) is 0 Å². The van der Waals surface area contributed by atoms with Gasteiger partial charge in [-0.3, -0.25) is 10.1 Å². The van der Waals surface area contributed by atoms with Crippen molar-refractivity contribution in [2.45, 2.75) is 24.7 Å². The quantitative estimate of drug-likeness (QED) is 0.300. The zero-order valence-electron chi connectivity index (χ0n) is 18.1. The van der Waals surface area contributed by atoms with Gasteiger partial charge in [0.2, 0.25) is 0 Å². The van der Waals surface area contributed by atoms with Gasteiger partial charge < -0.3 is 23.7 Å². The molecule has 9 heteroatoms. The molecule has 1 aliphatic rings. The van der Waals surface area contributed by atoms with Crippen LogP contribution in [0.4, 0.5) is 0 Å². The summed E-state index contributed by atoms with van der Waals surface area (Å²) in [6.45, 7) is 1.63. The third kappa shape index (κ3) is 3.92. The van der Waals surface area contributed by atoms with E-state index in [0.29, 0.717) is 33.9 Å². The summed E-state index contributed by atoms with van der Waals surface area (Å²) in [4.78, 5) is 12.1. The molecular formula is C22H26BrNO7. The van der Waals surface area contributed by atoms with E-state index in [1.807, 2.05) is 6.07 Å². The summed E-state index contributed by atoms with van der Waals surface area (Å²) in [5.41, 5.74) is 0.0323. The molecule has 0 amide bonds. The van der Waals surface area contributed by atoms with E-state index in [-0.39, 0.29) is 4.92 Å². The van der Waals surface area contributed by atoms with Crippen LogP contribution >= 0.6 is 15.9 Å². The predicted octanol–water partition coefficient (Wildman–Crippen LogP) is 4.58. The predicted molar refractivity (Wildman–Crippen MR) is 118 cm³/mol. The van der Waals surface area contributed by atoms with Crippen LogP contribution in [0.25, 0.3) is 0 Å². The monoisotopic (exact) mass is 495 g/mol. The van der Waals surface area contributed by atoms with Gasteiger partial charge in [0.05, 0.1) is 40.5 Å². The highest BCUT2D eigenvalue weighted by Gasteiger charge is 2.63. The third-order valence-electron chi connectivity index (χ3n) is 5.94. The van der Waals surface area contributed by atoms with Gasteiger partial charge in [-0.15, -0.1) is 0 Å². The van der Waals surface area contributed by atoms with Gasteiger partial charge in [-0.1, -0.05) is 28.1 Å². The van der Waals surface area contributed by atoms with Crippen LogP contribution in [0, 0.1) is 16.0 Å². The Morgan fingerprint density at radius 2 is 1.42 bits per heavy atom. The molecule has 0 aromatic heterocycles. The van der Waals surface area contributed by atoms with Crippen LogP contribution in [0.2, 0.25) is 0 Å². The second kappa shape index (κ2) is 9.32. The van der Waals surface area contributed by atoms with Crippen LogP contribution in [0.15, 0.2) is 36.4 Å². The molecule has 8 nitrogen and oxygen atoms in total.